The van der Waals surface area contributed by atoms with E-state index in [0.717, 1.165) is 5.39 Å². The van der Waals surface area contributed by atoms with Gasteiger partial charge in [-0.1, -0.05) is 23.7 Å². The van der Waals surface area contributed by atoms with Gasteiger partial charge in [0.1, 0.15) is 18.2 Å². The number of halogens is 2. The second-order valence-corrected chi connectivity index (χ2v) is 7.55. The number of rotatable bonds is 7. The standard InChI is InChI=1S/C23H22ClFN4O5/c1-29(22(31)27-13-15-4-3-5-18(20(15)24)21(30)33-2)8-9-34-23(32)28-19-11-16-10-17(25)7-6-14(16)12-26-19/h3-7,10-12H,8-9,13H2,1-2H3,(H,27,31)(H,26,28,32). The molecule has 2 aromatic carbocycles. The minimum absolute atomic E-state index is 0.0729. The van der Waals surface area contributed by atoms with Crippen LogP contribution in [0.5, 0.6) is 0 Å². The van der Waals surface area contributed by atoms with Crippen molar-refractivity contribution in [3.63, 3.8) is 0 Å². The lowest BCUT2D eigenvalue weighted by Gasteiger charge is -2.18. The predicted octanol–water partition coefficient (Wildman–Crippen LogP) is 4.20. The molecule has 3 aromatic rings. The minimum atomic E-state index is -0.761. The number of methoxy groups -OCH3 is 1. The maximum absolute atomic E-state index is 13.4. The molecule has 11 heteroatoms. The van der Waals surface area contributed by atoms with Gasteiger partial charge in [0.2, 0.25) is 0 Å². The summed E-state index contributed by atoms with van der Waals surface area (Å²) in [6.07, 6.45) is 0.749. The number of hydrogen-bond donors (Lipinski definition) is 2. The summed E-state index contributed by atoms with van der Waals surface area (Å²) < 4.78 is 23.1. The number of urea groups is 1. The summed E-state index contributed by atoms with van der Waals surface area (Å²) in [7, 11) is 2.78. The van der Waals surface area contributed by atoms with Gasteiger partial charge in [-0.3, -0.25) is 5.32 Å². The molecule has 1 aromatic heterocycles. The van der Waals surface area contributed by atoms with E-state index in [2.05, 4.69) is 20.4 Å². The SMILES string of the molecule is COC(=O)c1cccc(CNC(=O)N(C)CCOC(=O)Nc2cc3cc(F)ccc3cn2)c1Cl. The van der Waals surface area contributed by atoms with E-state index in [9.17, 15) is 18.8 Å². The van der Waals surface area contributed by atoms with Gasteiger partial charge in [0.05, 0.1) is 24.2 Å². The van der Waals surface area contributed by atoms with Crippen molar-refractivity contribution >= 4 is 46.3 Å². The molecule has 0 atom stereocenters. The van der Waals surface area contributed by atoms with E-state index in [1.165, 1.54) is 49.5 Å². The van der Waals surface area contributed by atoms with Gasteiger partial charge in [-0.15, -0.1) is 0 Å². The van der Waals surface area contributed by atoms with Gasteiger partial charge in [-0.25, -0.2) is 23.8 Å². The first kappa shape index (κ1) is 24.7. The van der Waals surface area contributed by atoms with E-state index in [1.807, 2.05) is 0 Å². The topological polar surface area (TPSA) is 110 Å². The van der Waals surface area contributed by atoms with Crippen LogP contribution in [0, 0.1) is 5.82 Å². The van der Waals surface area contributed by atoms with Crippen LogP contribution in [0.4, 0.5) is 19.8 Å². The fourth-order valence-electron chi connectivity index (χ4n) is 2.99. The molecule has 3 amide bonds. The van der Waals surface area contributed by atoms with Gasteiger partial charge in [0.15, 0.2) is 0 Å². The normalized spacial score (nSPS) is 10.5. The zero-order chi connectivity index (χ0) is 24.7. The van der Waals surface area contributed by atoms with E-state index < -0.39 is 23.9 Å². The van der Waals surface area contributed by atoms with Gasteiger partial charge >= 0.3 is 18.1 Å². The van der Waals surface area contributed by atoms with E-state index in [1.54, 1.807) is 18.2 Å². The van der Waals surface area contributed by atoms with Crippen LogP contribution in [0.15, 0.2) is 48.7 Å². The number of amides is 3. The molecule has 3 rings (SSSR count). The van der Waals surface area contributed by atoms with Crippen LogP contribution in [0.1, 0.15) is 15.9 Å². The molecule has 9 nitrogen and oxygen atoms in total. The Morgan fingerprint density at radius 2 is 1.94 bits per heavy atom. The van der Waals surface area contributed by atoms with Crippen LogP contribution in [0.2, 0.25) is 5.02 Å². The Labute approximate surface area is 199 Å². The molecule has 178 valence electrons. The highest BCUT2D eigenvalue weighted by Crippen LogP contribution is 2.22. The first-order chi connectivity index (χ1) is 16.3. The van der Waals surface area contributed by atoms with Crippen LogP contribution in [-0.4, -0.2) is 55.3 Å². The third-order valence-electron chi connectivity index (χ3n) is 4.83. The number of anilines is 1. The van der Waals surface area contributed by atoms with Gasteiger partial charge in [-0.2, -0.15) is 0 Å². The summed E-state index contributed by atoms with van der Waals surface area (Å²) in [5.41, 5.74) is 0.749. The number of hydrogen-bond acceptors (Lipinski definition) is 6. The number of aromatic nitrogens is 1. The van der Waals surface area contributed by atoms with Crippen LogP contribution < -0.4 is 10.6 Å². The van der Waals surface area contributed by atoms with Crippen molar-refractivity contribution in [3.8, 4) is 0 Å². The lowest BCUT2D eigenvalue weighted by atomic mass is 10.1. The highest BCUT2D eigenvalue weighted by molar-refractivity contribution is 6.34. The molecular formula is C23H22ClFN4O5. The fraction of sp³-hybridized carbons (Fsp3) is 0.217. The third-order valence-corrected chi connectivity index (χ3v) is 5.28. The van der Waals surface area contributed by atoms with Crippen molar-refractivity contribution in [1.29, 1.82) is 0 Å². The van der Waals surface area contributed by atoms with Crippen molar-refractivity contribution < 1.29 is 28.2 Å². The smallest absolute Gasteiger partial charge is 0.412 e. The number of carbonyl (C=O) groups is 3. The Hall–Kier alpha value is -3.92. The molecule has 0 fully saturated rings. The van der Waals surface area contributed by atoms with Crippen LogP contribution in [-0.2, 0) is 16.0 Å². The lowest BCUT2D eigenvalue weighted by molar-refractivity contribution is 0.0600. The zero-order valence-corrected chi connectivity index (χ0v) is 19.2. The third kappa shape index (κ3) is 6.32. The average Bonchev–Trinajstić information content (AvgIpc) is 2.82. The highest BCUT2D eigenvalue weighted by atomic mass is 35.5. The summed E-state index contributed by atoms with van der Waals surface area (Å²) in [6.45, 7) is 0.129. The summed E-state index contributed by atoms with van der Waals surface area (Å²) in [6, 6.07) is 10.2. The molecule has 34 heavy (non-hydrogen) atoms. The lowest BCUT2D eigenvalue weighted by Crippen LogP contribution is -2.39. The first-order valence-electron chi connectivity index (χ1n) is 10.1. The number of fused-ring (bicyclic) bond motifs is 1. The number of pyridine rings is 1. The molecule has 0 aliphatic heterocycles. The van der Waals surface area contributed by atoms with Crippen molar-refractivity contribution in [2.24, 2.45) is 0 Å². The van der Waals surface area contributed by atoms with Crippen LogP contribution >= 0.6 is 11.6 Å². The summed E-state index contributed by atoms with van der Waals surface area (Å²) >= 11 is 6.22. The van der Waals surface area contributed by atoms with Crippen molar-refractivity contribution in [1.82, 2.24) is 15.2 Å². The Morgan fingerprint density at radius 3 is 2.71 bits per heavy atom. The van der Waals surface area contributed by atoms with Crippen LogP contribution in [0.3, 0.4) is 0 Å². The van der Waals surface area contributed by atoms with E-state index in [4.69, 9.17) is 16.3 Å². The predicted molar refractivity (Wildman–Crippen MR) is 124 cm³/mol. The number of benzene rings is 2. The molecule has 0 aliphatic carbocycles. The molecule has 0 saturated heterocycles. The summed E-state index contributed by atoms with van der Waals surface area (Å²) in [5.74, 6) is -0.760. The van der Waals surface area contributed by atoms with Gasteiger partial charge in [0, 0.05) is 25.2 Å². The fourth-order valence-corrected chi connectivity index (χ4v) is 3.26. The quantitative estimate of drug-likeness (QED) is 0.482. The Balaban J connectivity index is 1.45. The number of carbonyl (C=O) groups excluding carboxylic acids is 3. The van der Waals surface area contributed by atoms with Crippen molar-refractivity contribution in [3.05, 3.63) is 70.6 Å². The molecule has 0 spiro atoms. The maximum Gasteiger partial charge on any atom is 0.412 e. The highest BCUT2D eigenvalue weighted by Gasteiger charge is 2.15. The number of ether oxygens (including phenoxy) is 2. The Morgan fingerprint density at radius 1 is 1.15 bits per heavy atom. The van der Waals surface area contributed by atoms with Crippen molar-refractivity contribution in [2.75, 3.05) is 32.6 Å². The zero-order valence-electron chi connectivity index (χ0n) is 18.4. The van der Waals surface area contributed by atoms with Crippen molar-refractivity contribution in [2.45, 2.75) is 6.54 Å². The minimum Gasteiger partial charge on any atom is -0.465 e. The molecule has 0 saturated carbocycles. The van der Waals surface area contributed by atoms with E-state index in [0.29, 0.717) is 10.9 Å². The Bertz CT molecular complexity index is 1220. The largest absolute Gasteiger partial charge is 0.465 e. The maximum atomic E-state index is 13.4. The average molecular weight is 489 g/mol. The molecular weight excluding hydrogens is 467 g/mol. The molecule has 0 aliphatic rings. The van der Waals surface area contributed by atoms with E-state index in [-0.39, 0.29) is 36.1 Å². The number of nitrogens with one attached hydrogen (secondary N) is 2. The van der Waals surface area contributed by atoms with Gasteiger partial charge in [0.25, 0.3) is 0 Å². The van der Waals surface area contributed by atoms with Crippen LogP contribution in [0.25, 0.3) is 10.8 Å². The molecule has 1 heterocycles. The first-order valence-corrected chi connectivity index (χ1v) is 10.5. The molecule has 0 unspecified atom stereocenters. The Kier molecular flexibility index (Phi) is 8.20. The second-order valence-electron chi connectivity index (χ2n) is 7.17. The number of esters is 1. The monoisotopic (exact) mass is 488 g/mol. The summed E-state index contributed by atoms with van der Waals surface area (Å²) in [4.78, 5) is 41.4. The number of nitrogens with zero attached hydrogens (tertiary/aromatic N) is 2. The summed E-state index contributed by atoms with van der Waals surface area (Å²) in [5, 5.41) is 6.65. The molecule has 0 bridgehead atoms. The molecule has 0 radical (unpaired) electrons. The van der Waals surface area contributed by atoms with Gasteiger partial charge in [-0.05, 0) is 41.3 Å². The van der Waals surface area contributed by atoms with E-state index >= 15 is 0 Å². The number of likely N-dealkylation sites (N-methyl/N-ethyl adjacent to an activating group) is 1. The molecule has 2 N–H and O–H groups in total. The van der Waals surface area contributed by atoms with Gasteiger partial charge < -0.3 is 19.7 Å². The second kappa shape index (κ2) is 11.3.